The van der Waals surface area contributed by atoms with E-state index in [2.05, 4.69) is 0 Å². The van der Waals surface area contributed by atoms with E-state index >= 15 is 0 Å². The summed E-state index contributed by atoms with van der Waals surface area (Å²) >= 11 is 5.51. The molecule has 0 spiro atoms. The average molecular weight is 215 g/mol. The fourth-order valence-electron chi connectivity index (χ4n) is 1.22. The van der Waals surface area contributed by atoms with Crippen LogP contribution in [0.3, 0.4) is 0 Å². The molecule has 0 bridgehead atoms. The third-order valence-corrected chi connectivity index (χ3v) is 2.24. The molecule has 1 atom stereocenters. The molecule has 0 saturated heterocycles. The largest absolute Gasteiger partial charge is 0.494 e. The number of ether oxygens (including phenoxy) is 1. The van der Waals surface area contributed by atoms with Crippen molar-refractivity contribution in [1.82, 2.24) is 0 Å². The molecule has 1 aromatic rings. The molecule has 0 aliphatic rings. The van der Waals surface area contributed by atoms with Crippen LogP contribution >= 0.6 is 11.6 Å². The number of hydrogen-bond acceptors (Lipinski definition) is 2. The Morgan fingerprint density at radius 1 is 1.36 bits per heavy atom. The van der Waals surface area contributed by atoms with Gasteiger partial charge in [0.15, 0.2) is 0 Å². The predicted molar refractivity (Wildman–Crippen MR) is 58.0 cm³/mol. The van der Waals surface area contributed by atoms with Crippen molar-refractivity contribution in [2.75, 3.05) is 12.5 Å². The molecule has 0 fully saturated rings. The maximum atomic E-state index is 9.32. The number of aliphatic hydroxyl groups is 1. The van der Waals surface area contributed by atoms with Crippen LogP contribution in [0.25, 0.3) is 0 Å². The smallest absolute Gasteiger partial charge is 0.119 e. The summed E-state index contributed by atoms with van der Waals surface area (Å²) in [6.07, 6.45) is 0.130. The SMILES string of the molecule is CCOc1ccc(C[C@@H](O)CCl)cc1. The zero-order chi connectivity index (χ0) is 10.4. The summed E-state index contributed by atoms with van der Waals surface area (Å²) in [4.78, 5) is 0. The zero-order valence-electron chi connectivity index (χ0n) is 8.24. The molecule has 2 nitrogen and oxygen atoms in total. The van der Waals surface area contributed by atoms with Crippen LogP contribution in [-0.2, 0) is 6.42 Å². The highest BCUT2D eigenvalue weighted by Gasteiger charge is 2.03. The summed E-state index contributed by atoms with van der Waals surface area (Å²) < 4.78 is 5.30. The van der Waals surface area contributed by atoms with Gasteiger partial charge in [0.1, 0.15) is 5.75 Å². The van der Waals surface area contributed by atoms with Crippen molar-refractivity contribution in [1.29, 1.82) is 0 Å². The van der Waals surface area contributed by atoms with Gasteiger partial charge in [-0.25, -0.2) is 0 Å². The minimum Gasteiger partial charge on any atom is -0.494 e. The van der Waals surface area contributed by atoms with Gasteiger partial charge in [0.2, 0.25) is 0 Å². The molecule has 78 valence electrons. The lowest BCUT2D eigenvalue weighted by Gasteiger charge is -2.07. The van der Waals surface area contributed by atoms with E-state index < -0.39 is 6.10 Å². The summed E-state index contributed by atoms with van der Waals surface area (Å²) in [5.41, 5.74) is 1.07. The normalized spacial score (nSPS) is 12.5. The molecule has 0 saturated carbocycles. The Morgan fingerprint density at radius 3 is 2.50 bits per heavy atom. The molecule has 0 unspecified atom stereocenters. The number of benzene rings is 1. The van der Waals surface area contributed by atoms with E-state index in [1.807, 2.05) is 31.2 Å². The molecule has 0 amide bonds. The summed E-state index contributed by atoms with van der Waals surface area (Å²) in [5, 5.41) is 9.32. The van der Waals surface area contributed by atoms with Crippen LogP contribution in [0, 0.1) is 0 Å². The lowest BCUT2D eigenvalue weighted by Crippen LogP contribution is -2.11. The van der Waals surface area contributed by atoms with Gasteiger partial charge in [-0.2, -0.15) is 0 Å². The van der Waals surface area contributed by atoms with Gasteiger partial charge in [-0.1, -0.05) is 12.1 Å². The second-order valence-corrected chi connectivity index (χ2v) is 3.40. The van der Waals surface area contributed by atoms with Crippen LogP contribution in [0.5, 0.6) is 5.75 Å². The second kappa shape index (κ2) is 5.89. The zero-order valence-corrected chi connectivity index (χ0v) is 9.00. The first-order chi connectivity index (χ1) is 6.76. The Morgan fingerprint density at radius 2 is 2.00 bits per heavy atom. The summed E-state index contributed by atoms with van der Waals surface area (Å²) in [7, 11) is 0. The van der Waals surface area contributed by atoms with E-state index in [4.69, 9.17) is 16.3 Å². The van der Waals surface area contributed by atoms with Gasteiger partial charge < -0.3 is 9.84 Å². The third-order valence-electron chi connectivity index (χ3n) is 1.88. The molecule has 0 radical (unpaired) electrons. The van der Waals surface area contributed by atoms with E-state index in [9.17, 15) is 5.11 Å². The number of alkyl halides is 1. The Hall–Kier alpha value is -0.730. The monoisotopic (exact) mass is 214 g/mol. The quantitative estimate of drug-likeness (QED) is 0.762. The standard InChI is InChI=1S/C11H15ClO2/c1-2-14-11-5-3-9(4-6-11)7-10(13)8-12/h3-6,10,13H,2,7-8H2,1H3/t10-/m1/s1. The maximum absolute atomic E-state index is 9.32. The maximum Gasteiger partial charge on any atom is 0.119 e. The number of rotatable bonds is 5. The molecule has 1 aromatic carbocycles. The number of hydrogen-bond donors (Lipinski definition) is 1. The van der Waals surface area contributed by atoms with Crippen molar-refractivity contribution < 1.29 is 9.84 Å². The van der Waals surface area contributed by atoms with Crippen molar-refractivity contribution in [2.24, 2.45) is 0 Å². The molecule has 1 N–H and O–H groups in total. The lowest BCUT2D eigenvalue weighted by atomic mass is 10.1. The van der Waals surface area contributed by atoms with Crippen molar-refractivity contribution in [3.05, 3.63) is 29.8 Å². The van der Waals surface area contributed by atoms with Gasteiger partial charge >= 0.3 is 0 Å². The molecule has 3 heteroatoms. The molecular formula is C11H15ClO2. The average Bonchev–Trinajstić information content (AvgIpc) is 2.21. The molecule has 0 aromatic heterocycles. The number of halogens is 1. The van der Waals surface area contributed by atoms with Gasteiger partial charge in [0.25, 0.3) is 0 Å². The summed E-state index contributed by atoms with van der Waals surface area (Å²) in [5.74, 6) is 1.13. The van der Waals surface area contributed by atoms with Gasteiger partial charge in [-0.3, -0.25) is 0 Å². The Labute approximate surface area is 89.5 Å². The summed E-state index contributed by atoms with van der Waals surface area (Å²) in [6, 6.07) is 7.70. The van der Waals surface area contributed by atoms with Crippen molar-refractivity contribution in [3.63, 3.8) is 0 Å². The van der Waals surface area contributed by atoms with E-state index in [-0.39, 0.29) is 5.88 Å². The Balaban J connectivity index is 2.54. The molecule has 0 heterocycles. The van der Waals surface area contributed by atoms with Crippen LogP contribution < -0.4 is 4.74 Å². The topological polar surface area (TPSA) is 29.5 Å². The fraction of sp³-hybridized carbons (Fsp3) is 0.455. The van der Waals surface area contributed by atoms with Gasteiger partial charge in [0, 0.05) is 5.88 Å². The summed E-state index contributed by atoms with van der Waals surface area (Å²) in [6.45, 7) is 2.62. The van der Waals surface area contributed by atoms with Crippen LogP contribution in [0.15, 0.2) is 24.3 Å². The first-order valence-corrected chi connectivity index (χ1v) is 5.25. The van der Waals surface area contributed by atoms with Gasteiger partial charge in [-0.15, -0.1) is 11.6 Å². The van der Waals surface area contributed by atoms with E-state index in [1.54, 1.807) is 0 Å². The van der Waals surface area contributed by atoms with E-state index in [1.165, 1.54) is 0 Å². The van der Waals surface area contributed by atoms with E-state index in [0.29, 0.717) is 13.0 Å². The van der Waals surface area contributed by atoms with Crippen LogP contribution in [0.2, 0.25) is 0 Å². The fourth-order valence-corrected chi connectivity index (χ4v) is 1.32. The molecule has 14 heavy (non-hydrogen) atoms. The highest BCUT2D eigenvalue weighted by Crippen LogP contribution is 2.13. The van der Waals surface area contributed by atoms with Gasteiger partial charge in [-0.05, 0) is 31.0 Å². The number of aliphatic hydroxyl groups excluding tert-OH is 1. The Kier molecular flexibility index (Phi) is 4.77. The minimum absolute atomic E-state index is 0.271. The van der Waals surface area contributed by atoms with Crippen molar-refractivity contribution >= 4 is 11.6 Å². The van der Waals surface area contributed by atoms with Crippen LogP contribution in [0.1, 0.15) is 12.5 Å². The third kappa shape index (κ3) is 3.56. The van der Waals surface area contributed by atoms with Crippen molar-refractivity contribution in [3.8, 4) is 5.75 Å². The van der Waals surface area contributed by atoms with Crippen LogP contribution in [-0.4, -0.2) is 23.7 Å². The van der Waals surface area contributed by atoms with Gasteiger partial charge in [0.05, 0.1) is 12.7 Å². The predicted octanol–water partition coefficient (Wildman–Crippen LogP) is 2.23. The van der Waals surface area contributed by atoms with E-state index in [0.717, 1.165) is 11.3 Å². The molecule has 0 aliphatic heterocycles. The van der Waals surface area contributed by atoms with Crippen LogP contribution in [0.4, 0.5) is 0 Å². The van der Waals surface area contributed by atoms with Crippen molar-refractivity contribution in [2.45, 2.75) is 19.4 Å². The Bertz CT molecular complexity index is 258. The first kappa shape index (κ1) is 11.3. The highest BCUT2D eigenvalue weighted by molar-refractivity contribution is 6.18. The molecule has 1 rings (SSSR count). The first-order valence-electron chi connectivity index (χ1n) is 4.72. The minimum atomic E-state index is -0.463. The molecule has 0 aliphatic carbocycles. The lowest BCUT2D eigenvalue weighted by molar-refractivity contribution is 0.198. The highest BCUT2D eigenvalue weighted by atomic mass is 35.5. The molecular weight excluding hydrogens is 200 g/mol. The second-order valence-electron chi connectivity index (χ2n) is 3.09.